The Bertz CT molecular complexity index is 1240. The topological polar surface area (TPSA) is 108 Å². The van der Waals surface area contributed by atoms with E-state index >= 15 is 0 Å². The molecule has 6 rings (SSSR count). The molecule has 4 saturated heterocycles. The van der Waals surface area contributed by atoms with E-state index < -0.39 is 5.60 Å². The highest BCUT2D eigenvalue weighted by Crippen LogP contribution is 2.53. The van der Waals surface area contributed by atoms with Crippen LogP contribution in [0.15, 0.2) is 6.33 Å². The molecule has 5 heterocycles. The Hall–Kier alpha value is -2.95. The fourth-order valence-electron chi connectivity index (χ4n) is 8.82. The Morgan fingerprint density at radius 3 is 2.20 bits per heavy atom. The largest absolute Gasteiger partial charge is 0.450 e. The van der Waals surface area contributed by atoms with E-state index in [-0.39, 0.29) is 23.6 Å². The molecule has 1 aromatic rings. The molecule has 248 valence electrons. The Morgan fingerprint density at radius 2 is 1.60 bits per heavy atom. The number of piperidine rings is 3. The highest BCUT2D eigenvalue weighted by atomic mass is 16.6. The summed E-state index contributed by atoms with van der Waals surface area (Å²) >= 11 is 0. The van der Waals surface area contributed by atoms with Gasteiger partial charge in [-0.15, -0.1) is 0 Å². The van der Waals surface area contributed by atoms with Crippen LogP contribution < -0.4 is 0 Å². The first-order chi connectivity index (χ1) is 21.6. The molecule has 1 aromatic heterocycles. The van der Waals surface area contributed by atoms with Crippen LogP contribution in [0.3, 0.4) is 0 Å². The Balaban J connectivity index is 1.03. The van der Waals surface area contributed by atoms with E-state index in [0.29, 0.717) is 48.9 Å². The lowest BCUT2D eigenvalue weighted by Gasteiger charge is -2.55. The number of rotatable bonds is 8. The monoisotopic (exact) mass is 624 g/mol. The number of ether oxygens (including phenoxy) is 2. The average molecular weight is 625 g/mol. The molecule has 45 heavy (non-hydrogen) atoms. The van der Waals surface area contributed by atoms with Gasteiger partial charge in [-0.2, -0.15) is 0 Å². The molecule has 5 aliphatic rings. The molecule has 1 saturated carbocycles. The summed E-state index contributed by atoms with van der Waals surface area (Å²) in [6.45, 7) is 16.8. The normalized spacial score (nSPS) is 29.0. The number of aromatic nitrogens is 2. The lowest BCUT2D eigenvalue weighted by atomic mass is 9.74. The van der Waals surface area contributed by atoms with Crippen molar-refractivity contribution in [3.05, 3.63) is 23.3 Å². The van der Waals surface area contributed by atoms with Crippen molar-refractivity contribution in [2.75, 3.05) is 59.0 Å². The van der Waals surface area contributed by atoms with Gasteiger partial charge in [0.15, 0.2) is 0 Å². The van der Waals surface area contributed by atoms with Gasteiger partial charge in [0.05, 0.1) is 23.6 Å². The molecular weight excluding hydrogens is 572 g/mol. The SMILES string of the molecule is CCCC[C@H]1CN(C[C@H]2[C@@H]3CN(C(=O)OCC)C[C@@H]32)C(=O)OC12CCN(C1(C)CCN(C(=O)c3c(C)ncnc3C)CC1)CC2. The number of likely N-dealkylation sites (tertiary alicyclic amines) is 3. The van der Waals surface area contributed by atoms with Gasteiger partial charge in [-0.25, -0.2) is 19.6 Å². The van der Waals surface area contributed by atoms with Crippen LogP contribution in [0.5, 0.6) is 0 Å². The van der Waals surface area contributed by atoms with Crippen molar-refractivity contribution in [1.29, 1.82) is 0 Å². The molecule has 0 aromatic carbocycles. The minimum Gasteiger partial charge on any atom is -0.450 e. The first-order valence-electron chi connectivity index (χ1n) is 17.3. The van der Waals surface area contributed by atoms with Crippen molar-refractivity contribution in [3.63, 3.8) is 0 Å². The molecule has 3 amide bonds. The molecule has 1 spiro atoms. The second-order valence-electron chi connectivity index (χ2n) is 14.5. The van der Waals surface area contributed by atoms with Gasteiger partial charge < -0.3 is 24.2 Å². The summed E-state index contributed by atoms with van der Waals surface area (Å²) in [6, 6.07) is 0. The standard InChI is InChI=1S/C34H52N6O5/c1-6-8-9-25-18-38(19-26-27-20-39(21-28(26)27)31(42)44-7-2)32(43)45-34(25)12-16-40(17-13-34)33(5)10-14-37(15-11-33)30(41)29-23(3)35-22-36-24(29)4/h22,25-28H,6-21H2,1-5H3/t25-,26-,27-,28+/m0/s1. The molecule has 0 radical (unpaired) electrons. The summed E-state index contributed by atoms with van der Waals surface area (Å²) < 4.78 is 11.7. The molecule has 4 aliphatic heterocycles. The Morgan fingerprint density at radius 1 is 0.956 bits per heavy atom. The molecule has 1 aliphatic carbocycles. The number of fused-ring (bicyclic) bond motifs is 1. The van der Waals surface area contributed by atoms with Gasteiger partial charge in [-0.1, -0.05) is 19.8 Å². The molecular formula is C34H52N6O5. The number of aryl methyl sites for hydroxylation is 2. The van der Waals surface area contributed by atoms with Gasteiger partial charge in [0.25, 0.3) is 5.91 Å². The van der Waals surface area contributed by atoms with Crippen molar-refractivity contribution >= 4 is 18.1 Å². The van der Waals surface area contributed by atoms with Crippen LogP contribution in [-0.4, -0.2) is 118 Å². The van der Waals surface area contributed by atoms with E-state index in [1.54, 1.807) is 0 Å². The average Bonchev–Trinajstić information content (AvgIpc) is 3.44. The number of amides is 3. The van der Waals surface area contributed by atoms with Gasteiger partial charge in [0.1, 0.15) is 11.9 Å². The van der Waals surface area contributed by atoms with Crippen molar-refractivity contribution in [2.45, 2.75) is 90.7 Å². The maximum absolute atomic E-state index is 13.5. The predicted octanol–water partition coefficient (Wildman–Crippen LogP) is 4.52. The Labute approximate surface area is 268 Å². The zero-order chi connectivity index (χ0) is 31.9. The summed E-state index contributed by atoms with van der Waals surface area (Å²) in [5.74, 6) is 1.75. The fourth-order valence-corrected chi connectivity index (χ4v) is 8.82. The quantitative estimate of drug-likeness (QED) is 0.416. The van der Waals surface area contributed by atoms with Crippen LogP contribution in [0.1, 0.15) is 87.5 Å². The lowest BCUT2D eigenvalue weighted by Crippen LogP contribution is -2.63. The summed E-state index contributed by atoms with van der Waals surface area (Å²) in [7, 11) is 0. The van der Waals surface area contributed by atoms with E-state index in [1.165, 1.54) is 6.33 Å². The first kappa shape index (κ1) is 32.0. The van der Waals surface area contributed by atoms with Crippen molar-refractivity contribution < 1.29 is 23.9 Å². The van der Waals surface area contributed by atoms with E-state index in [2.05, 4.69) is 28.7 Å². The van der Waals surface area contributed by atoms with Crippen molar-refractivity contribution in [3.8, 4) is 0 Å². The zero-order valence-corrected chi connectivity index (χ0v) is 27.9. The molecule has 0 N–H and O–H groups in total. The van der Waals surface area contributed by atoms with Crippen molar-refractivity contribution in [2.24, 2.45) is 23.7 Å². The van der Waals surface area contributed by atoms with Crippen LogP contribution in [0.2, 0.25) is 0 Å². The van der Waals surface area contributed by atoms with Gasteiger partial charge in [0, 0.05) is 76.7 Å². The third-order valence-electron chi connectivity index (χ3n) is 11.9. The van der Waals surface area contributed by atoms with E-state index in [1.807, 2.05) is 35.5 Å². The summed E-state index contributed by atoms with van der Waals surface area (Å²) in [6.07, 6.45) is 8.05. The molecule has 11 nitrogen and oxygen atoms in total. The number of hydrogen-bond donors (Lipinski definition) is 0. The maximum atomic E-state index is 13.5. The predicted molar refractivity (Wildman–Crippen MR) is 169 cm³/mol. The van der Waals surface area contributed by atoms with Gasteiger partial charge in [-0.05, 0) is 64.7 Å². The highest BCUT2D eigenvalue weighted by molar-refractivity contribution is 5.96. The van der Waals surface area contributed by atoms with Crippen LogP contribution in [0.4, 0.5) is 9.59 Å². The lowest BCUT2D eigenvalue weighted by molar-refractivity contribution is -0.133. The van der Waals surface area contributed by atoms with Crippen LogP contribution >= 0.6 is 0 Å². The third-order valence-corrected chi connectivity index (χ3v) is 11.9. The fraction of sp³-hybridized carbons (Fsp3) is 0.794. The molecule has 11 heteroatoms. The summed E-state index contributed by atoms with van der Waals surface area (Å²) in [4.78, 5) is 55.9. The first-order valence-corrected chi connectivity index (χ1v) is 17.3. The minimum absolute atomic E-state index is 0.0144. The van der Waals surface area contributed by atoms with Crippen molar-refractivity contribution in [1.82, 2.24) is 29.6 Å². The number of nitrogens with zero attached hydrogens (tertiary/aromatic N) is 6. The molecule has 0 bridgehead atoms. The number of carbonyl (C=O) groups excluding carboxylic acids is 3. The smallest absolute Gasteiger partial charge is 0.410 e. The molecule has 0 unspecified atom stereocenters. The van der Waals surface area contributed by atoms with E-state index in [0.717, 1.165) is 95.6 Å². The van der Waals surface area contributed by atoms with Gasteiger partial charge >= 0.3 is 12.2 Å². The molecule has 4 atom stereocenters. The maximum Gasteiger partial charge on any atom is 0.410 e. The number of hydrogen-bond acceptors (Lipinski definition) is 8. The summed E-state index contributed by atoms with van der Waals surface area (Å²) in [5.41, 5.74) is 1.73. The second-order valence-corrected chi connectivity index (χ2v) is 14.5. The summed E-state index contributed by atoms with van der Waals surface area (Å²) in [5, 5.41) is 0. The van der Waals surface area contributed by atoms with Gasteiger partial charge in [0.2, 0.25) is 0 Å². The number of unbranched alkanes of at least 4 members (excludes halogenated alkanes) is 1. The number of carbonyl (C=O) groups is 3. The second kappa shape index (κ2) is 12.7. The van der Waals surface area contributed by atoms with Gasteiger partial charge in [-0.3, -0.25) is 9.69 Å². The van der Waals surface area contributed by atoms with Crippen LogP contribution in [0.25, 0.3) is 0 Å². The van der Waals surface area contributed by atoms with E-state index in [9.17, 15) is 14.4 Å². The highest BCUT2D eigenvalue weighted by Gasteiger charge is 2.59. The van der Waals surface area contributed by atoms with E-state index in [4.69, 9.17) is 9.47 Å². The van der Waals surface area contributed by atoms with Crippen LogP contribution in [-0.2, 0) is 9.47 Å². The Kier molecular flexibility index (Phi) is 9.02. The molecule has 5 fully saturated rings. The minimum atomic E-state index is -0.394. The zero-order valence-electron chi connectivity index (χ0n) is 27.9. The third kappa shape index (κ3) is 6.13. The van der Waals surface area contributed by atoms with Crippen LogP contribution in [0, 0.1) is 37.5 Å².